The molecular formula is C22H25NO2S. The first-order valence-electron chi connectivity index (χ1n) is 9.00. The van der Waals surface area contributed by atoms with Gasteiger partial charge in [0.25, 0.3) is 0 Å². The van der Waals surface area contributed by atoms with Gasteiger partial charge in [0.2, 0.25) is 0 Å². The zero-order chi connectivity index (χ0) is 18.7. The summed E-state index contributed by atoms with van der Waals surface area (Å²) in [5.74, 6) is -0.269. The number of carbonyl (C=O) groups is 1. The molecule has 0 N–H and O–H groups in total. The molecule has 0 saturated heterocycles. The first kappa shape index (κ1) is 18.6. The normalized spacial score (nSPS) is 11.3. The molecule has 0 fully saturated rings. The number of aryl methyl sites for hydroxylation is 1. The maximum absolute atomic E-state index is 12.5. The molecule has 0 aliphatic rings. The Hall–Kier alpha value is -2.20. The van der Waals surface area contributed by atoms with E-state index in [1.54, 1.807) is 0 Å². The summed E-state index contributed by atoms with van der Waals surface area (Å²) in [6, 6.07) is 16.7. The van der Waals surface area contributed by atoms with Gasteiger partial charge in [-0.15, -0.1) is 11.8 Å². The average Bonchev–Trinajstić information content (AvgIpc) is 2.92. The summed E-state index contributed by atoms with van der Waals surface area (Å²) in [6.45, 7) is 9.31. The van der Waals surface area contributed by atoms with Crippen molar-refractivity contribution < 1.29 is 9.53 Å². The molecule has 1 heterocycles. The highest BCUT2D eigenvalue weighted by molar-refractivity contribution is 7.99. The van der Waals surface area contributed by atoms with E-state index < -0.39 is 0 Å². The fourth-order valence-corrected chi connectivity index (χ4v) is 4.02. The fourth-order valence-electron chi connectivity index (χ4n) is 3.13. The lowest BCUT2D eigenvalue weighted by atomic mass is 10.1. The van der Waals surface area contributed by atoms with Crippen molar-refractivity contribution in [2.45, 2.75) is 44.4 Å². The van der Waals surface area contributed by atoms with E-state index in [0.717, 1.165) is 10.9 Å². The van der Waals surface area contributed by atoms with Crippen molar-refractivity contribution in [1.82, 2.24) is 4.57 Å². The van der Waals surface area contributed by atoms with Crippen LogP contribution in [0.2, 0.25) is 0 Å². The van der Waals surface area contributed by atoms with Gasteiger partial charge in [0, 0.05) is 27.6 Å². The first-order chi connectivity index (χ1) is 12.5. The van der Waals surface area contributed by atoms with Crippen molar-refractivity contribution in [3.05, 3.63) is 65.4 Å². The average molecular weight is 368 g/mol. The number of rotatable bonds is 6. The SMILES string of the molecule is CCOC(=O)c1cc2cc(SC(C)C)ccc2n1Cc1cccc(C)c1. The van der Waals surface area contributed by atoms with Crippen LogP contribution in [0.1, 0.15) is 42.4 Å². The summed E-state index contributed by atoms with van der Waals surface area (Å²) in [7, 11) is 0. The van der Waals surface area contributed by atoms with Gasteiger partial charge in [0.15, 0.2) is 0 Å². The van der Waals surface area contributed by atoms with E-state index in [4.69, 9.17) is 4.74 Å². The summed E-state index contributed by atoms with van der Waals surface area (Å²) in [6.07, 6.45) is 0. The maximum Gasteiger partial charge on any atom is 0.354 e. The molecule has 0 saturated carbocycles. The van der Waals surface area contributed by atoms with Crippen molar-refractivity contribution in [2.75, 3.05) is 6.61 Å². The second-order valence-electron chi connectivity index (χ2n) is 6.71. The van der Waals surface area contributed by atoms with Gasteiger partial charge >= 0.3 is 5.97 Å². The van der Waals surface area contributed by atoms with Crippen LogP contribution in [0.25, 0.3) is 10.9 Å². The number of nitrogens with zero attached hydrogens (tertiary/aromatic N) is 1. The minimum absolute atomic E-state index is 0.269. The lowest BCUT2D eigenvalue weighted by molar-refractivity contribution is 0.0515. The molecule has 1 aromatic heterocycles. The Morgan fingerprint density at radius 2 is 1.96 bits per heavy atom. The molecule has 4 heteroatoms. The molecule has 0 amide bonds. The Kier molecular flexibility index (Phi) is 5.72. The molecule has 136 valence electrons. The number of ether oxygens (including phenoxy) is 1. The molecule has 0 unspecified atom stereocenters. The van der Waals surface area contributed by atoms with Crippen LogP contribution in [0.3, 0.4) is 0 Å². The third-order valence-electron chi connectivity index (χ3n) is 4.15. The van der Waals surface area contributed by atoms with Gasteiger partial charge < -0.3 is 9.30 Å². The predicted molar refractivity (Wildman–Crippen MR) is 109 cm³/mol. The van der Waals surface area contributed by atoms with E-state index in [9.17, 15) is 4.79 Å². The highest BCUT2D eigenvalue weighted by Crippen LogP contribution is 2.29. The number of aromatic nitrogens is 1. The fraction of sp³-hybridized carbons (Fsp3) is 0.318. The molecule has 3 rings (SSSR count). The number of fused-ring (bicyclic) bond motifs is 1. The highest BCUT2D eigenvalue weighted by atomic mass is 32.2. The van der Waals surface area contributed by atoms with Crippen LogP contribution in [0.4, 0.5) is 0 Å². The molecule has 0 bridgehead atoms. The maximum atomic E-state index is 12.5. The van der Waals surface area contributed by atoms with Gasteiger partial charge in [-0.1, -0.05) is 43.7 Å². The minimum atomic E-state index is -0.269. The lowest BCUT2D eigenvalue weighted by Gasteiger charge is -2.11. The predicted octanol–water partition coefficient (Wildman–Crippen LogP) is 5.68. The Morgan fingerprint density at radius 3 is 2.65 bits per heavy atom. The smallest absolute Gasteiger partial charge is 0.354 e. The number of thioether (sulfide) groups is 1. The topological polar surface area (TPSA) is 31.2 Å². The molecule has 0 atom stereocenters. The minimum Gasteiger partial charge on any atom is -0.461 e. The van der Waals surface area contributed by atoms with E-state index in [0.29, 0.717) is 24.1 Å². The zero-order valence-electron chi connectivity index (χ0n) is 15.8. The summed E-state index contributed by atoms with van der Waals surface area (Å²) in [4.78, 5) is 13.7. The van der Waals surface area contributed by atoms with Gasteiger partial charge in [-0.2, -0.15) is 0 Å². The molecule has 26 heavy (non-hydrogen) atoms. The van der Waals surface area contributed by atoms with E-state index in [1.807, 2.05) is 24.8 Å². The molecule has 3 nitrogen and oxygen atoms in total. The monoisotopic (exact) mass is 367 g/mol. The van der Waals surface area contributed by atoms with Crippen LogP contribution in [-0.2, 0) is 11.3 Å². The van der Waals surface area contributed by atoms with Crippen LogP contribution >= 0.6 is 11.8 Å². The Morgan fingerprint density at radius 1 is 1.15 bits per heavy atom. The van der Waals surface area contributed by atoms with Crippen molar-refractivity contribution in [2.24, 2.45) is 0 Å². The number of benzene rings is 2. The molecule has 2 aromatic carbocycles. The summed E-state index contributed by atoms with van der Waals surface area (Å²) >= 11 is 1.83. The Balaban J connectivity index is 2.07. The van der Waals surface area contributed by atoms with Gasteiger partial charge in [0.05, 0.1) is 6.61 Å². The van der Waals surface area contributed by atoms with Crippen LogP contribution in [0.5, 0.6) is 0 Å². The second kappa shape index (κ2) is 8.00. The number of hydrogen-bond donors (Lipinski definition) is 0. The van der Waals surface area contributed by atoms with Gasteiger partial charge in [-0.05, 0) is 43.7 Å². The third kappa shape index (κ3) is 4.13. The van der Waals surface area contributed by atoms with Crippen LogP contribution in [-0.4, -0.2) is 22.4 Å². The summed E-state index contributed by atoms with van der Waals surface area (Å²) in [5.41, 5.74) is 4.05. The van der Waals surface area contributed by atoms with Crippen molar-refractivity contribution >= 4 is 28.6 Å². The van der Waals surface area contributed by atoms with Gasteiger partial charge in [-0.25, -0.2) is 4.79 Å². The van der Waals surface area contributed by atoms with Crippen molar-refractivity contribution in [3.63, 3.8) is 0 Å². The van der Waals surface area contributed by atoms with E-state index in [-0.39, 0.29) is 5.97 Å². The van der Waals surface area contributed by atoms with Crippen LogP contribution in [0.15, 0.2) is 53.4 Å². The summed E-state index contributed by atoms with van der Waals surface area (Å²) < 4.78 is 7.35. The van der Waals surface area contributed by atoms with E-state index in [1.165, 1.54) is 16.0 Å². The molecule has 0 aliphatic carbocycles. The number of hydrogen-bond acceptors (Lipinski definition) is 3. The molecule has 0 aliphatic heterocycles. The first-order valence-corrected chi connectivity index (χ1v) is 9.88. The summed E-state index contributed by atoms with van der Waals surface area (Å²) in [5, 5.41) is 1.60. The van der Waals surface area contributed by atoms with Crippen LogP contribution < -0.4 is 0 Å². The lowest BCUT2D eigenvalue weighted by Crippen LogP contribution is -2.12. The number of esters is 1. The quantitative estimate of drug-likeness (QED) is 0.415. The van der Waals surface area contributed by atoms with Gasteiger partial charge in [0.1, 0.15) is 5.69 Å². The Bertz CT molecular complexity index is 927. The Labute approximate surface area is 159 Å². The largest absolute Gasteiger partial charge is 0.461 e. The van der Waals surface area contributed by atoms with E-state index in [2.05, 4.69) is 67.8 Å². The molecule has 0 radical (unpaired) electrons. The number of carbonyl (C=O) groups excluding carboxylic acids is 1. The third-order valence-corrected chi connectivity index (χ3v) is 5.15. The van der Waals surface area contributed by atoms with Crippen LogP contribution in [0, 0.1) is 6.92 Å². The standard InChI is InChI=1S/C22H25NO2S/c1-5-25-22(24)21-13-18-12-19(26-15(2)3)9-10-20(18)23(21)14-17-8-6-7-16(4)11-17/h6-13,15H,5,14H2,1-4H3. The van der Waals surface area contributed by atoms with Crippen molar-refractivity contribution in [3.8, 4) is 0 Å². The molecule has 3 aromatic rings. The molecule has 0 spiro atoms. The second-order valence-corrected chi connectivity index (χ2v) is 8.36. The van der Waals surface area contributed by atoms with E-state index >= 15 is 0 Å². The molecular weight excluding hydrogens is 342 g/mol. The zero-order valence-corrected chi connectivity index (χ0v) is 16.6. The van der Waals surface area contributed by atoms with Gasteiger partial charge in [-0.3, -0.25) is 0 Å². The highest BCUT2D eigenvalue weighted by Gasteiger charge is 2.17. The van der Waals surface area contributed by atoms with Crippen molar-refractivity contribution in [1.29, 1.82) is 0 Å².